The summed E-state index contributed by atoms with van der Waals surface area (Å²) in [6, 6.07) is 13.2. The van der Waals surface area contributed by atoms with Crippen molar-refractivity contribution in [2.24, 2.45) is 0 Å². The molecule has 0 atom stereocenters. The molecule has 0 spiro atoms. The van der Waals surface area contributed by atoms with E-state index in [1.54, 1.807) is 12.1 Å². The van der Waals surface area contributed by atoms with Crippen LogP contribution in [0.1, 0.15) is 0 Å². The van der Waals surface area contributed by atoms with E-state index in [2.05, 4.69) is 9.71 Å². The van der Waals surface area contributed by atoms with Gasteiger partial charge in [-0.05, 0) is 30.3 Å². The third-order valence-corrected chi connectivity index (χ3v) is 3.53. The molecule has 0 fully saturated rings. The van der Waals surface area contributed by atoms with E-state index in [9.17, 15) is 8.42 Å². The highest BCUT2D eigenvalue weighted by Crippen LogP contribution is 2.19. The maximum absolute atomic E-state index is 11.2. The molecule has 20 heavy (non-hydrogen) atoms. The van der Waals surface area contributed by atoms with Crippen LogP contribution in [0.25, 0.3) is 16.9 Å². The zero-order valence-electron chi connectivity index (χ0n) is 10.9. The minimum Gasteiger partial charge on any atom is -0.284 e. The summed E-state index contributed by atoms with van der Waals surface area (Å²) in [5.74, 6) is 0. The first-order chi connectivity index (χ1) is 9.51. The number of sulfonamides is 1. The normalized spacial score (nSPS) is 11.7. The van der Waals surface area contributed by atoms with E-state index < -0.39 is 10.0 Å². The highest BCUT2D eigenvalue weighted by molar-refractivity contribution is 7.92. The molecule has 3 rings (SSSR count). The van der Waals surface area contributed by atoms with Crippen molar-refractivity contribution in [2.45, 2.75) is 0 Å². The largest absolute Gasteiger partial charge is 0.284 e. The minimum absolute atomic E-state index is 0.556. The molecule has 0 bridgehead atoms. The van der Waals surface area contributed by atoms with Crippen LogP contribution >= 0.6 is 0 Å². The van der Waals surface area contributed by atoms with Crippen molar-refractivity contribution in [3.05, 3.63) is 54.9 Å². The fourth-order valence-electron chi connectivity index (χ4n) is 2.06. The van der Waals surface area contributed by atoms with Gasteiger partial charge in [-0.15, -0.1) is 0 Å². The van der Waals surface area contributed by atoms with Crippen LogP contribution in [0.2, 0.25) is 0 Å². The number of aromatic amines is 1. The number of pyridine rings is 1. The SMILES string of the molecule is CS(=O)(=O)Nc1ccc(-c2c[n+]3ccccc3[nH]2)cc1. The number of anilines is 1. The van der Waals surface area contributed by atoms with Crippen LogP contribution in [0.4, 0.5) is 5.69 Å². The van der Waals surface area contributed by atoms with Gasteiger partial charge in [0.15, 0.2) is 5.69 Å². The number of nitrogens with zero attached hydrogens (tertiary/aromatic N) is 1. The Labute approximate surface area is 117 Å². The predicted octanol–water partition coefficient (Wildman–Crippen LogP) is 1.79. The van der Waals surface area contributed by atoms with Gasteiger partial charge in [0.2, 0.25) is 10.0 Å². The van der Waals surface area contributed by atoms with E-state index in [4.69, 9.17) is 0 Å². The molecule has 0 unspecified atom stereocenters. The van der Waals surface area contributed by atoms with Gasteiger partial charge >= 0.3 is 0 Å². The van der Waals surface area contributed by atoms with Crippen LogP contribution in [-0.2, 0) is 10.0 Å². The molecular formula is C14H14N3O2S+. The van der Waals surface area contributed by atoms with Gasteiger partial charge in [-0.1, -0.05) is 6.07 Å². The molecule has 2 N–H and O–H groups in total. The zero-order valence-corrected chi connectivity index (χ0v) is 11.7. The summed E-state index contributed by atoms with van der Waals surface area (Å²) in [5, 5.41) is 0. The van der Waals surface area contributed by atoms with Crippen molar-refractivity contribution in [2.75, 3.05) is 11.0 Å². The Morgan fingerprint density at radius 2 is 1.85 bits per heavy atom. The molecule has 3 aromatic rings. The number of H-pyrrole nitrogens is 1. The lowest BCUT2D eigenvalue weighted by Crippen LogP contribution is -2.15. The van der Waals surface area contributed by atoms with Gasteiger partial charge in [-0.3, -0.25) is 4.72 Å². The van der Waals surface area contributed by atoms with Gasteiger partial charge in [0, 0.05) is 17.3 Å². The number of rotatable bonds is 3. The van der Waals surface area contributed by atoms with Gasteiger partial charge in [0.1, 0.15) is 6.20 Å². The van der Waals surface area contributed by atoms with Crippen molar-refractivity contribution >= 4 is 21.4 Å². The summed E-state index contributed by atoms with van der Waals surface area (Å²) in [6.45, 7) is 0. The first-order valence-corrected chi connectivity index (χ1v) is 7.98. The smallest absolute Gasteiger partial charge is 0.284 e. The van der Waals surface area contributed by atoms with Crippen molar-refractivity contribution in [1.29, 1.82) is 0 Å². The van der Waals surface area contributed by atoms with Crippen molar-refractivity contribution in [3.63, 3.8) is 0 Å². The van der Waals surface area contributed by atoms with E-state index in [-0.39, 0.29) is 0 Å². The molecule has 102 valence electrons. The highest BCUT2D eigenvalue weighted by Gasteiger charge is 2.10. The van der Waals surface area contributed by atoms with Gasteiger partial charge in [0.05, 0.1) is 12.5 Å². The third kappa shape index (κ3) is 2.65. The zero-order chi connectivity index (χ0) is 14.2. The molecule has 0 saturated carbocycles. The minimum atomic E-state index is -3.24. The Morgan fingerprint density at radius 3 is 2.50 bits per heavy atom. The second-order valence-corrected chi connectivity index (χ2v) is 6.36. The molecule has 0 aliphatic heterocycles. The molecule has 0 amide bonds. The lowest BCUT2D eigenvalue weighted by molar-refractivity contribution is -0.509. The standard InChI is InChI=1S/C14H13N3O2S/c1-20(18,19)16-12-7-5-11(6-8-12)13-10-17-9-3-2-4-14(17)15-13/h2-10,16H,1H3/p+1. The summed E-state index contributed by atoms with van der Waals surface area (Å²) < 4.78 is 26.7. The number of aromatic nitrogens is 2. The highest BCUT2D eigenvalue weighted by atomic mass is 32.2. The van der Waals surface area contributed by atoms with Crippen LogP contribution in [0.3, 0.4) is 0 Å². The van der Waals surface area contributed by atoms with Gasteiger partial charge in [-0.25, -0.2) is 17.8 Å². The lowest BCUT2D eigenvalue weighted by Gasteiger charge is -2.03. The monoisotopic (exact) mass is 288 g/mol. The van der Waals surface area contributed by atoms with E-state index in [0.717, 1.165) is 23.2 Å². The Kier molecular flexibility index (Phi) is 2.94. The maximum atomic E-state index is 11.2. The van der Waals surface area contributed by atoms with E-state index in [0.29, 0.717) is 5.69 Å². The maximum Gasteiger partial charge on any atom is 0.284 e. The first kappa shape index (κ1) is 12.7. The molecule has 0 aliphatic rings. The predicted molar refractivity (Wildman–Crippen MR) is 77.9 cm³/mol. The van der Waals surface area contributed by atoms with E-state index in [1.807, 2.05) is 47.1 Å². The number of hydrogen-bond donors (Lipinski definition) is 2. The molecule has 0 radical (unpaired) electrons. The average Bonchev–Trinajstić information content (AvgIpc) is 2.81. The van der Waals surface area contributed by atoms with Gasteiger partial charge < -0.3 is 0 Å². The number of fused-ring (bicyclic) bond motifs is 1. The Bertz CT molecular complexity index is 819. The van der Waals surface area contributed by atoms with Crippen LogP contribution in [0.5, 0.6) is 0 Å². The fourth-order valence-corrected chi connectivity index (χ4v) is 2.63. The molecule has 5 nitrogen and oxygen atoms in total. The van der Waals surface area contributed by atoms with Crippen molar-refractivity contribution < 1.29 is 12.8 Å². The summed E-state index contributed by atoms with van der Waals surface area (Å²) >= 11 is 0. The summed E-state index contributed by atoms with van der Waals surface area (Å²) in [5.41, 5.74) is 3.52. The van der Waals surface area contributed by atoms with Gasteiger partial charge in [0.25, 0.3) is 5.65 Å². The average molecular weight is 288 g/mol. The summed E-state index contributed by atoms with van der Waals surface area (Å²) in [4.78, 5) is 3.30. The molecular weight excluding hydrogens is 274 g/mol. The molecule has 2 aromatic heterocycles. The Balaban J connectivity index is 1.94. The Hall–Kier alpha value is -2.34. The second-order valence-electron chi connectivity index (χ2n) is 4.61. The quantitative estimate of drug-likeness (QED) is 0.722. The van der Waals surface area contributed by atoms with Gasteiger partial charge in [-0.2, -0.15) is 0 Å². The van der Waals surface area contributed by atoms with Crippen molar-refractivity contribution in [3.8, 4) is 11.3 Å². The van der Waals surface area contributed by atoms with E-state index >= 15 is 0 Å². The lowest BCUT2D eigenvalue weighted by atomic mass is 10.1. The fraction of sp³-hybridized carbons (Fsp3) is 0.0714. The number of imidazole rings is 1. The van der Waals surface area contributed by atoms with Crippen LogP contribution in [-0.4, -0.2) is 19.7 Å². The first-order valence-electron chi connectivity index (χ1n) is 6.08. The Morgan fingerprint density at radius 1 is 1.10 bits per heavy atom. The van der Waals surface area contributed by atoms with Crippen LogP contribution in [0, 0.1) is 0 Å². The van der Waals surface area contributed by atoms with Crippen LogP contribution < -0.4 is 9.12 Å². The third-order valence-electron chi connectivity index (χ3n) is 2.92. The summed E-state index contributed by atoms with van der Waals surface area (Å²) in [7, 11) is -3.24. The molecule has 1 aromatic carbocycles. The topological polar surface area (TPSA) is 66.1 Å². The molecule has 2 heterocycles. The number of hydrogen-bond acceptors (Lipinski definition) is 2. The van der Waals surface area contributed by atoms with E-state index in [1.165, 1.54) is 0 Å². The molecule has 6 heteroatoms. The van der Waals surface area contributed by atoms with Crippen LogP contribution in [0.15, 0.2) is 54.9 Å². The van der Waals surface area contributed by atoms with Crippen molar-refractivity contribution in [1.82, 2.24) is 4.98 Å². The number of nitrogens with one attached hydrogen (secondary N) is 2. The summed E-state index contributed by atoms with van der Waals surface area (Å²) in [6.07, 6.45) is 5.10. The second kappa shape index (κ2) is 4.64. The molecule has 0 aliphatic carbocycles. The molecule has 0 saturated heterocycles. The number of benzene rings is 1.